The summed E-state index contributed by atoms with van der Waals surface area (Å²) < 4.78 is 48.4. The van der Waals surface area contributed by atoms with E-state index < -0.39 is 36.6 Å². The maximum Gasteiger partial charge on any atom is 0.406 e. The molecule has 1 saturated heterocycles. The number of benzene rings is 1. The van der Waals surface area contributed by atoms with E-state index in [1.807, 2.05) is 6.07 Å². The number of hydrogen-bond acceptors (Lipinski definition) is 4. The summed E-state index contributed by atoms with van der Waals surface area (Å²) in [6.07, 6.45) is -5.09. The third-order valence-corrected chi connectivity index (χ3v) is 4.03. The monoisotopic (exact) mass is 358 g/mol. The van der Waals surface area contributed by atoms with E-state index in [0.717, 1.165) is 0 Å². The van der Waals surface area contributed by atoms with Crippen LogP contribution in [-0.4, -0.2) is 55.2 Å². The Morgan fingerprint density at radius 3 is 2.72 bits per heavy atom. The number of likely N-dealkylation sites (tertiary alicyclic amines) is 1. The Balaban J connectivity index is 1.48. The van der Waals surface area contributed by atoms with Gasteiger partial charge in [0, 0.05) is 13.0 Å². The smallest absolute Gasteiger partial charge is 0.406 e. The van der Waals surface area contributed by atoms with Crippen molar-refractivity contribution in [1.29, 1.82) is 0 Å². The second kappa shape index (κ2) is 6.81. The highest BCUT2D eigenvalue weighted by atomic mass is 19.4. The summed E-state index contributed by atoms with van der Waals surface area (Å²) >= 11 is 0. The molecule has 0 saturated carbocycles. The minimum absolute atomic E-state index is 0.150. The number of rotatable bonds is 4. The highest BCUT2D eigenvalue weighted by Crippen LogP contribution is 2.30. The maximum absolute atomic E-state index is 12.4. The minimum atomic E-state index is -4.47. The number of alkyl halides is 3. The van der Waals surface area contributed by atoms with Gasteiger partial charge >= 0.3 is 6.18 Å². The Hall–Kier alpha value is -2.45. The summed E-state index contributed by atoms with van der Waals surface area (Å²) in [6.45, 7) is -1.15. The van der Waals surface area contributed by atoms with Crippen LogP contribution in [0, 0.1) is 5.92 Å². The predicted octanol–water partition coefficient (Wildman–Crippen LogP) is 1.35. The van der Waals surface area contributed by atoms with Crippen molar-refractivity contribution in [2.45, 2.75) is 18.7 Å². The lowest BCUT2D eigenvalue weighted by Crippen LogP contribution is -2.43. The van der Waals surface area contributed by atoms with Gasteiger partial charge in [-0.25, -0.2) is 0 Å². The lowest BCUT2D eigenvalue weighted by Gasteiger charge is -2.26. The van der Waals surface area contributed by atoms with Gasteiger partial charge in [-0.3, -0.25) is 9.59 Å². The number of nitrogens with one attached hydrogen (secondary N) is 1. The highest BCUT2D eigenvalue weighted by Gasteiger charge is 2.40. The van der Waals surface area contributed by atoms with Crippen LogP contribution in [0.1, 0.15) is 6.42 Å². The molecule has 0 bridgehead atoms. The van der Waals surface area contributed by atoms with Crippen molar-refractivity contribution in [3.8, 4) is 11.5 Å². The van der Waals surface area contributed by atoms with Crippen LogP contribution in [0.5, 0.6) is 11.5 Å². The number of para-hydroxylation sites is 2. The first-order valence-electron chi connectivity index (χ1n) is 7.82. The molecule has 1 aromatic rings. The number of ether oxygens (including phenoxy) is 2. The first-order valence-corrected chi connectivity index (χ1v) is 7.82. The molecule has 3 rings (SSSR count). The van der Waals surface area contributed by atoms with E-state index in [9.17, 15) is 22.8 Å². The van der Waals surface area contributed by atoms with Crippen molar-refractivity contribution in [2.75, 3.05) is 26.2 Å². The zero-order valence-corrected chi connectivity index (χ0v) is 13.2. The normalized spacial score (nSPS) is 22.8. The Kier molecular flexibility index (Phi) is 4.73. The van der Waals surface area contributed by atoms with E-state index in [-0.39, 0.29) is 26.1 Å². The lowest BCUT2D eigenvalue weighted by atomic mass is 10.1. The highest BCUT2D eigenvalue weighted by molar-refractivity contribution is 5.89. The molecule has 1 fully saturated rings. The third-order valence-electron chi connectivity index (χ3n) is 4.03. The zero-order chi connectivity index (χ0) is 18.0. The number of fused-ring (bicyclic) bond motifs is 1. The van der Waals surface area contributed by atoms with Crippen LogP contribution >= 0.6 is 0 Å². The van der Waals surface area contributed by atoms with E-state index >= 15 is 0 Å². The molecule has 0 radical (unpaired) electrons. The molecule has 1 aromatic carbocycles. The summed E-state index contributed by atoms with van der Waals surface area (Å²) in [4.78, 5) is 24.4. The van der Waals surface area contributed by atoms with Gasteiger partial charge in [0.1, 0.15) is 19.3 Å². The summed E-state index contributed by atoms with van der Waals surface area (Å²) in [5, 5.41) is 2.62. The van der Waals surface area contributed by atoms with Gasteiger partial charge in [-0.2, -0.15) is 13.2 Å². The molecular weight excluding hydrogens is 341 g/mol. The largest absolute Gasteiger partial charge is 0.486 e. The first-order chi connectivity index (χ1) is 11.8. The van der Waals surface area contributed by atoms with Gasteiger partial charge in [-0.1, -0.05) is 12.1 Å². The van der Waals surface area contributed by atoms with Crippen LogP contribution in [0.3, 0.4) is 0 Å². The minimum Gasteiger partial charge on any atom is -0.486 e. The van der Waals surface area contributed by atoms with Crippen molar-refractivity contribution in [3.63, 3.8) is 0 Å². The van der Waals surface area contributed by atoms with Crippen LogP contribution in [0.15, 0.2) is 24.3 Å². The summed E-state index contributed by atoms with van der Waals surface area (Å²) in [5.41, 5.74) is 0. The number of hydrogen-bond donors (Lipinski definition) is 1. The van der Waals surface area contributed by atoms with E-state index in [4.69, 9.17) is 9.47 Å². The Labute approximate surface area is 141 Å². The molecule has 2 aliphatic rings. The Bertz CT molecular complexity index is 665. The topological polar surface area (TPSA) is 67.9 Å². The molecule has 6 nitrogen and oxygen atoms in total. The van der Waals surface area contributed by atoms with Crippen LogP contribution in [0.25, 0.3) is 0 Å². The predicted molar refractivity (Wildman–Crippen MR) is 80.1 cm³/mol. The van der Waals surface area contributed by atoms with E-state index in [0.29, 0.717) is 16.4 Å². The van der Waals surface area contributed by atoms with Crippen molar-refractivity contribution in [3.05, 3.63) is 24.3 Å². The molecule has 0 unspecified atom stereocenters. The van der Waals surface area contributed by atoms with Gasteiger partial charge in [-0.15, -0.1) is 0 Å². The van der Waals surface area contributed by atoms with Gasteiger partial charge < -0.3 is 19.7 Å². The average Bonchev–Trinajstić information content (AvgIpc) is 2.91. The maximum atomic E-state index is 12.4. The first kappa shape index (κ1) is 17.4. The van der Waals surface area contributed by atoms with E-state index in [2.05, 4.69) is 5.32 Å². The zero-order valence-electron chi connectivity index (χ0n) is 13.2. The molecular formula is C16H17F3N2O4. The molecule has 0 spiro atoms. The second-order valence-electron chi connectivity index (χ2n) is 6.03. The van der Waals surface area contributed by atoms with Crippen LogP contribution < -0.4 is 14.8 Å². The summed E-state index contributed by atoms with van der Waals surface area (Å²) in [6, 6.07) is 7.12. The van der Waals surface area contributed by atoms with Gasteiger partial charge in [0.15, 0.2) is 11.5 Å². The fraction of sp³-hybridized carbons (Fsp3) is 0.500. The molecule has 2 atom stereocenters. The van der Waals surface area contributed by atoms with Crippen LogP contribution in [0.2, 0.25) is 0 Å². The average molecular weight is 358 g/mol. The SMILES string of the molecule is O=C(NC[C@@H]1COc2ccccc2O1)[C@H]1CC(=O)N(CC(F)(F)F)C1. The molecule has 136 valence electrons. The van der Waals surface area contributed by atoms with E-state index in [1.165, 1.54) is 0 Å². The molecule has 2 heterocycles. The fourth-order valence-corrected chi connectivity index (χ4v) is 2.84. The Morgan fingerprint density at radius 2 is 2.00 bits per heavy atom. The molecule has 9 heteroatoms. The van der Waals surface area contributed by atoms with Crippen molar-refractivity contribution in [2.24, 2.45) is 5.92 Å². The van der Waals surface area contributed by atoms with Gasteiger partial charge in [0.25, 0.3) is 0 Å². The van der Waals surface area contributed by atoms with Crippen molar-refractivity contribution < 1.29 is 32.2 Å². The summed E-state index contributed by atoms with van der Waals surface area (Å²) in [7, 11) is 0. The molecule has 0 aliphatic carbocycles. The second-order valence-corrected chi connectivity index (χ2v) is 6.03. The number of carbonyl (C=O) groups is 2. The van der Waals surface area contributed by atoms with Gasteiger partial charge in [0.05, 0.1) is 12.5 Å². The Morgan fingerprint density at radius 1 is 1.28 bits per heavy atom. The molecule has 2 aliphatic heterocycles. The number of amides is 2. The number of carbonyl (C=O) groups excluding carboxylic acids is 2. The number of nitrogens with zero attached hydrogens (tertiary/aromatic N) is 1. The fourth-order valence-electron chi connectivity index (χ4n) is 2.84. The third kappa shape index (κ3) is 4.34. The van der Waals surface area contributed by atoms with Gasteiger partial charge in [0.2, 0.25) is 11.8 Å². The molecule has 2 amide bonds. The molecule has 1 N–H and O–H groups in total. The number of halogens is 3. The quantitative estimate of drug-likeness (QED) is 0.882. The van der Waals surface area contributed by atoms with Crippen LogP contribution in [0.4, 0.5) is 13.2 Å². The molecule has 25 heavy (non-hydrogen) atoms. The van der Waals surface area contributed by atoms with Crippen LogP contribution in [-0.2, 0) is 9.59 Å². The summed E-state index contributed by atoms with van der Waals surface area (Å²) in [5.74, 6) is -0.717. The lowest BCUT2D eigenvalue weighted by molar-refractivity contribution is -0.157. The van der Waals surface area contributed by atoms with Crippen molar-refractivity contribution in [1.82, 2.24) is 10.2 Å². The standard InChI is InChI=1S/C16H17F3N2O4/c17-16(18,19)9-21-7-10(5-14(21)22)15(23)20-6-11-8-24-12-3-1-2-4-13(12)25-11/h1-4,10-11H,5-9H2,(H,20,23)/t10-,11+/m0/s1. The van der Waals surface area contributed by atoms with Crippen molar-refractivity contribution >= 4 is 11.8 Å². The van der Waals surface area contributed by atoms with E-state index in [1.54, 1.807) is 18.2 Å². The van der Waals surface area contributed by atoms with Gasteiger partial charge in [-0.05, 0) is 12.1 Å². The molecule has 0 aromatic heterocycles.